The first-order valence-corrected chi connectivity index (χ1v) is 7.29. The van der Waals surface area contributed by atoms with Gasteiger partial charge in [-0.05, 0) is 27.2 Å². The maximum atomic E-state index is 13.4. The van der Waals surface area contributed by atoms with Crippen LogP contribution in [0.3, 0.4) is 0 Å². The second-order valence-electron chi connectivity index (χ2n) is 6.50. The average molecular weight is 336 g/mol. The Labute approximate surface area is 133 Å². The lowest BCUT2D eigenvalue weighted by molar-refractivity contribution is -0.164. The topological polar surface area (TPSA) is 95.9 Å². The highest BCUT2D eigenvalue weighted by atomic mass is 19.3. The molecule has 1 heterocycles. The number of carbonyl (C=O) groups excluding carboxylic acids is 2. The molecule has 1 atom stereocenters. The molecule has 1 saturated heterocycles. The summed E-state index contributed by atoms with van der Waals surface area (Å²) < 4.78 is 31.9. The molecule has 0 aromatic heterocycles. The summed E-state index contributed by atoms with van der Waals surface area (Å²) in [6.07, 6.45) is -1.77. The van der Waals surface area contributed by atoms with Crippen molar-refractivity contribution >= 4 is 18.0 Å². The molecular formula is C14H22F2N2O5. The number of aliphatic carboxylic acids is 1. The highest BCUT2D eigenvalue weighted by molar-refractivity contribution is 5.84. The molecular weight excluding hydrogens is 314 g/mol. The van der Waals surface area contributed by atoms with E-state index in [9.17, 15) is 23.2 Å². The van der Waals surface area contributed by atoms with Crippen LogP contribution in [0.5, 0.6) is 0 Å². The van der Waals surface area contributed by atoms with Crippen LogP contribution in [0.15, 0.2) is 0 Å². The molecule has 1 unspecified atom stereocenters. The van der Waals surface area contributed by atoms with Gasteiger partial charge in [0.1, 0.15) is 5.60 Å². The Morgan fingerprint density at radius 1 is 1.43 bits per heavy atom. The molecule has 1 rings (SSSR count). The summed E-state index contributed by atoms with van der Waals surface area (Å²) in [5.41, 5.74) is -0.786. The minimum atomic E-state index is -3.45. The van der Waals surface area contributed by atoms with Crippen molar-refractivity contribution in [3.05, 3.63) is 0 Å². The van der Waals surface area contributed by atoms with Gasteiger partial charge in [0, 0.05) is 19.5 Å². The minimum Gasteiger partial charge on any atom is -0.481 e. The Bertz CT molecular complexity index is 476. The Kier molecular flexibility index (Phi) is 5.90. The summed E-state index contributed by atoms with van der Waals surface area (Å²) in [6.45, 7) is 4.69. The molecule has 9 heteroatoms. The van der Waals surface area contributed by atoms with Crippen molar-refractivity contribution in [1.82, 2.24) is 10.2 Å². The van der Waals surface area contributed by atoms with Crippen molar-refractivity contribution in [3.8, 4) is 0 Å². The molecule has 0 aliphatic carbocycles. The molecule has 1 aliphatic rings. The van der Waals surface area contributed by atoms with Gasteiger partial charge < -0.3 is 20.1 Å². The first kappa shape index (κ1) is 19.1. The quantitative estimate of drug-likeness (QED) is 0.795. The number of ether oxygens (including phenoxy) is 1. The molecule has 1 fully saturated rings. The number of hydrogen-bond acceptors (Lipinski definition) is 4. The first-order valence-electron chi connectivity index (χ1n) is 7.29. The van der Waals surface area contributed by atoms with Gasteiger partial charge in [0.25, 0.3) is 5.91 Å². The van der Waals surface area contributed by atoms with E-state index in [0.717, 1.165) is 4.90 Å². The standard InChI is InChI=1S/C14H22F2N2O5/c1-13(2,3)23-12(22)17-9(7-10(19)20)8-18-6-4-5-14(15,16)11(18)21/h9H,4-8H2,1-3H3,(H,17,22)(H,19,20). The van der Waals surface area contributed by atoms with E-state index in [1.807, 2.05) is 0 Å². The van der Waals surface area contributed by atoms with Crippen LogP contribution in [0.2, 0.25) is 0 Å². The zero-order chi connectivity index (χ0) is 17.8. The van der Waals surface area contributed by atoms with Gasteiger partial charge in [-0.2, -0.15) is 8.78 Å². The number of nitrogens with zero attached hydrogens (tertiary/aromatic N) is 1. The molecule has 0 spiro atoms. The molecule has 0 aromatic carbocycles. The lowest BCUT2D eigenvalue weighted by Crippen LogP contribution is -2.54. The number of piperidine rings is 1. The van der Waals surface area contributed by atoms with E-state index in [0.29, 0.717) is 0 Å². The number of amides is 2. The van der Waals surface area contributed by atoms with Crippen LogP contribution in [0.4, 0.5) is 13.6 Å². The number of likely N-dealkylation sites (tertiary alicyclic amines) is 1. The summed E-state index contributed by atoms with van der Waals surface area (Å²) >= 11 is 0. The first-order chi connectivity index (χ1) is 10.4. The number of carboxylic acids is 1. The Balaban J connectivity index is 2.73. The third-order valence-electron chi connectivity index (χ3n) is 3.10. The molecule has 0 radical (unpaired) electrons. The highest BCUT2D eigenvalue weighted by Gasteiger charge is 2.45. The highest BCUT2D eigenvalue weighted by Crippen LogP contribution is 2.28. The van der Waals surface area contributed by atoms with Gasteiger partial charge in [0.2, 0.25) is 0 Å². The number of nitrogens with one attached hydrogen (secondary N) is 1. The number of alkyl carbamates (subject to hydrolysis) is 1. The van der Waals surface area contributed by atoms with Crippen LogP contribution in [0.1, 0.15) is 40.0 Å². The van der Waals surface area contributed by atoms with Gasteiger partial charge >= 0.3 is 18.0 Å². The fourth-order valence-corrected chi connectivity index (χ4v) is 2.22. The van der Waals surface area contributed by atoms with Crippen LogP contribution in [0, 0.1) is 0 Å². The molecule has 7 nitrogen and oxygen atoms in total. The molecule has 0 saturated carbocycles. The summed E-state index contributed by atoms with van der Waals surface area (Å²) in [7, 11) is 0. The molecule has 2 N–H and O–H groups in total. The van der Waals surface area contributed by atoms with E-state index in [-0.39, 0.29) is 19.5 Å². The SMILES string of the molecule is CC(C)(C)OC(=O)NC(CC(=O)O)CN1CCCC(F)(F)C1=O. The van der Waals surface area contributed by atoms with E-state index in [1.54, 1.807) is 20.8 Å². The van der Waals surface area contributed by atoms with Crippen LogP contribution in [0.25, 0.3) is 0 Å². The summed E-state index contributed by atoms with van der Waals surface area (Å²) in [6, 6.07) is -1.01. The van der Waals surface area contributed by atoms with Gasteiger partial charge in [-0.3, -0.25) is 9.59 Å². The van der Waals surface area contributed by atoms with E-state index in [4.69, 9.17) is 9.84 Å². The maximum absolute atomic E-state index is 13.4. The van der Waals surface area contributed by atoms with Crippen LogP contribution < -0.4 is 5.32 Å². The van der Waals surface area contributed by atoms with Crippen molar-refractivity contribution in [3.63, 3.8) is 0 Å². The Morgan fingerprint density at radius 2 is 2.04 bits per heavy atom. The normalized spacial score (nSPS) is 19.2. The number of hydrogen-bond donors (Lipinski definition) is 2. The maximum Gasteiger partial charge on any atom is 0.407 e. The second kappa shape index (κ2) is 7.10. The summed E-state index contributed by atoms with van der Waals surface area (Å²) in [4.78, 5) is 35.2. The average Bonchev–Trinajstić information content (AvgIpc) is 2.31. The van der Waals surface area contributed by atoms with Gasteiger partial charge in [0.05, 0.1) is 12.5 Å². The Hall–Kier alpha value is -1.93. The van der Waals surface area contributed by atoms with Crippen LogP contribution in [-0.4, -0.2) is 58.6 Å². The van der Waals surface area contributed by atoms with Gasteiger partial charge in [0.15, 0.2) is 0 Å². The van der Waals surface area contributed by atoms with Gasteiger partial charge in [-0.15, -0.1) is 0 Å². The lowest BCUT2D eigenvalue weighted by atomic mass is 10.0. The van der Waals surface area contributed by atoms with Crippen LogP contribution >= 0.6 is 0 Å². The summed E-state index contributed by atoms with van der Waals surface area (Å²) in [5.74, 6) is -6.01. The number of halogens is 2. The number of rotatable bonds is 5. The van der Waals surface area contributed by atoms with Crippen molar-refractivity contribution in [2.45, 2.75) is 57.6 Å². The van der Waals surface area contributed by atoms with Gasteiger partial charge in [-0.25, -0.2) is 4.79 Å². The van der Waals surface area contributed by atoms with Crippen molar-refractivity contribution in [2.75, 3.05) is 13.1 Å². The Morgan fingerprint density at radius 3 is 2.57 bits per heavy atom. The van der Waals surface area contributed by atoms with E-state index < -0.39 is 48.4 Å². The lowest BCUT2D eigenvalue weighted by Gasteiger charge is -2.34. The van der Waals surface area contributed by atoms with Crippen molar-refractivity contribution in [2.24, 2.45) is 0 Å². The van der Waals surface area contributed by atoms with Gasteiger partial charge in [-0.1, -0.05) is 0 Å². The molecule has 2 amide bonds. The molecule has 23 heavy (non-hydrogen) atoms. The predicted octanol–water partition coefficient (Wildman–Crippen LogP) is 1.61. The smallest absolute Gasteiger partial charge is 0.407 e. The summed E-state index contributed by atoms with van der Waals surface area (Å²) in [5, 5.41) is 11.2. The zero-order valence-electron chi connectivity index (χ0n) is 13.4. The van der Waals surface area contributed by atoms with E-state index >= 15 is 0 Å². The minimum absolute atomic E-state index is 0.0978. The third kappa shape index (κ3) is 6.37. The van der Waals surface area contributed by atoms with E-state index in [1.165, 1.54) is 0 Å². The molecule has 0 aromatic rings. The monoisotopic (exact) mass is 336 g/mol. The van der Waals surface area contributed by atoms with Crippen molar-refractivity contribution in [1.29, 1.82) is 0 Å². The second-order valence-corrected chi connectivity index (χ2v) is 6.50. The number of alkyl halides is 2. The number of carboxylic acid groups (broad SMARTS) is 1. The number of carbonyl (C=O) groups is 3. The fourth-order valence-electron chi connectivity index (χ4n) is 2.22. The molecule has 1 aliphatic heterocycles. The predicted molar refractivity (Wildman–Crippen MR) is 76.2 cm³/mol. The van der Waals surface area contributed by atoms with E-state index in [2.05, 4.69) is 5.32 Å². The van der Waals surface area contributed by atoms with Crippen molar-refractivity contribution < 1.29 is 33.0 Å². The third-order valence-corrected chi connectivity index (χ3v) is 3.10. The molecule has 0 bridgehead atoms. The molecule has 132 valence electrons. The largest absolute Gasteiger partial charge is 0.481 e. The zero-order valence-corrected chi connectivity index (χ0v) is 13.4. The van der Waals surface area contributed by atoms with Crippen LogP contribution in [-0.2, 0) is 14.3 Å². The fraction of sp³-hybridized carbons (Fsp3) is 0.786.